The molecule has 3 heterocycles. The van der Waals surface area contributed by atoms with Crippen molar-refractivity contribution in [3.8, 4) is 0 Å². The average Bonchev–Trinajstić information content (AvgIpc) is 2.78. The lowest BCUT2D eigenvalue weighted by atomic mass is 9.92. The zero-order valence-corrected chi connectivity index (χ0v) is 11.3. The second-order valence-electron chi connectivity index (χ2n) is 5.26. The maximum absolute atomic E-state index is 12.8. The lowest BCUT2D eigenvalue weighted by molar-refractivity contribution is -0.152. The number of aryl methyl sites for hydroxylation is 1. The second kappa shape index (κ2) is 4.76. The number of halogens is 2. The SMILES string of the molecule is Cn1nc(C(=O)N2CC(=O)NCC23COC3)cc1C(F)F. The summed E-state index contributed by atoms with van der Waals surface area (Å²) in [7, 11) is 1.35. The fraction of sp³-hybridized carbons (Fsp3) is 0.583. The van der Waals surface area contributed by atoms with E-state index >= 15 is 0 Å². The van der Waals surface area contributed by atoms with E-state index in [-0.39, 0.29) is 23.8 Å². The van der Waals surface area contributed by atoms with Crippen molar-refractivity contribution in [3.63, 3.8) is 0 Å². The Morgan fingerprint density at radius 1 is 1.52 bits per heavy atom. The quantitative estimate of drug-likeness (QED) is 0.813. The smallest absolute Gasteiger partial charge is 0.280 e. The van der Waals surface area contributed by atoms with E-state index < -0.39 is 17.9 Å². The third kappa shape index (κ3) is 2.17. The number of hydrogen-bond acceptors (Lipinski definition) is 4. The summed E-state index contributed by atoms with van der Waals surface area (Å²) in [5, 5.41) is 6.52. The molecular weight excluding hydrogens is 286 g/mol. The number of nitrogens with zero attached hydrogens (tertiary/aromatic N) is 3. The number of rotatable bonds is 2. The van der Waals surface area contributed by atoms with Crippen LogP contribution >= 0.6 is 0 Å². The normalized spacial score (nSPS) is 20.6. The molecule has 114 valence electrons. The zero-order valence-electron chi connectivity index (χ0n) is 11.3. The minimum atomic E-state index is -2.71. The summed E-state index contributed by atoms with van der Waals surface area (Å²) in [5.74, 6) is -0.818. The van der Waals surface area contributed by atoms with Crippen molar-refractivity contribution in [2.24, 2.45) is 7.05 Å². The predicted octanol–water partition coefficient (Wildman–Crippen LogP) is -0.301. The molecule has 3 rings (SSSR count). The number of alkyl halides is 2. The molecule has 9 heteroatoms. The first-order valence-electron chi connectivity index (χ1n) is 6.41. The number of aromatic nitrogens is 2. The Hall–Kier alpha value is -2.03. The third-order valence-corrected chi connectivity index (χ3v) is 3.83. The monoisotopic (exact) mass is 300 g/mol. The van der Waals surface area contributed by atoms with Crippen LogP contribution < -0.4 is 5.32 Å². The van der Waals surface area contributed by atoms with Crippen LogP contribution in [0, 0.1) is 0 Å². The first-order valence-corrected chi connectivity index (χ1v) is 6.41. The molecule has 2 saturated heterocycles. The minimum Gasteiger partial charge on any atom is -0.376 e. The highest BCUT2D eigenvalue weighted by atomic mass is 19.3. The second-order valence-corrected chi connectivity index (χ2v) is 5.26. The van der Waals surface area contributed by atoms with Gasteiger partial charge in [0.2, 0.25) is 5.91 Å². The highest BCUT2D eigenvalue weighted by Gasteiger charge is 2.50. The van der Waals surface area contributed by atoms with Crippen molar-refractivity contribution in [3.05, 3.63) is 17.5 Å². The Morgan fingerprint density at radius 2 is 2.24 bits per heavy atom. The van der Waals surface area contributed by atoms with E-state index in [1.54, 1.807) is 0 Å². The van der Waals surface area contributed by atoms with E-state index in [1.165, 1.54) is 11.9 Å². The van der Waals surface area contributed by atoms with E-state index in [0.29, 0.717) is 19.8 Å². The molecule has 1 aromatic heterocycles. The fourth-order valence-corrected chi connectivity index (χ4v) is 2.54. The van der Waals surface area contributed by atoms with Crippen molar-refractivity contribution in [2.45, 2.75) is 12.0 Å². The molecule has 0 aliphatic carbocycles. The van der Waals surface area contributed by atoms with Gasteiger partial charge in [0.1, 0.15) is 17.8 Å². The van der Waals surface area contributed by atoms with Gasteiger partial charge in [0, 0.05) is 13.6 Å². The molecule has 0 bridgehead atoms. The highest BCUT2D eigenvalue weighted by Crippen LogP contribution is 2.29. The first kappa shape index (κ1) is 13.9. The van der Waals surface area contributed by atoms with Crippen molar-refractivity contribution >= 4 is 11.8 Å². The maximum Gasteiger partial charge on any atom is 0.280 e. The van der Waals surface area contributed by atoms with Gasteiger partial charge in [-0.15, -0.1) is 0 Å². The van der Waals surface area contributed by atoms with Crippen molar-refractivity contribution < 1.29 is 23.1 Å². The lowest BCUT2D eigenvalue weighted by Crippen LogP contribution is -2.73. The summed E-state index contributed by atoms with van der Waals surface area (Å²) in [5.41, 5.74) is -1.01. The number of carbonyl (C=O) groups excluding carboxylic acids is 2. The topological polar surface area (TPSA) is 76.5 Å². The highest BCUT2D eigenvalue weighted by molar-refractivity contribution is 5.96. The van der Waals surface area contributed by atoms with Crippen LogP contribution in [0.4, 0.5) is 8.78 Å². The molecule has 0 atom stereocenters. The number of nitrogens with one attached hydrogen (secondary N) is 1. The molecule has 1 spiro atoms. The molecular formula is C12H14F2N4O3. The molecule has 2 aliphatic heterocycles. The van der Waals surface area contributed by atoms with E-state index in [9.17, 15) is 18.4 Å². The molecule has 2 fully saturated rings. The molecule has 0 saturated carbocycles. The van der Waals surface area contributed by atoms with Gasteiger partial charge in [-0.2, -0.15) is 5.10 Å². The molecule has 2 amide bonds. The van der Waals surface area contributed by atoms with Gasteiger partial charge >= 0.3 is 0 Å². The van der Waals surface area contributed by atoms with Gasteiger partial charge in [0.15, 0.2) is 5.69 Å². The summed E-state index contributed by atoms with van der Waals surface area (Å²) >= 11 is 0. The predicted molar refractivity (Wildman–Crippen MR) is 65.8 cm³/mol. The number of hydrogen-bond donors (Lipinski definition) is 1. The van der Waals surface area contributed by atoms with E-state index in [0.717, 1.165) is 10.7 Å². The van der Waals surface area contributed by atoms with Crippen LogP contribution in [0.15, 0.2) is 6.07 Å². The average molecular weight is 300 g/mol. The number of piperazine rings is 1. The molecule has 1 aromatic rings. The van der Waals surface area contributed by atoms with Crippen LogP contribution in [-0.4, -0.2) is 58.3 Å². The molecule has 1 N–H and O–H groups in total. The van der Waals surface area contributed by atoms with E-state index in [1.807, 2.05) is 0 Å². The Morgan fingerprint density at radius 3 is 2.76 bits per heavy atom. The zero-order chi connectivity index (χ0) is 15.2. The molecule has 0 aromatic carbocycles. The maximum atomic E-state index is 12.8. The first-order chi connectivity index (χ1) is 9.93. The van der Waals surface area contributed by atoms with Gasteiger partial charge in [-0.1, -0.05) is 0 Å². The van der Waals surface area contributed by atoms with Crippen LogP contribution in [0.5, 0.6) is 0 Å². The fourth-order valence-electron chi connectivity index (χ4n) is 2.54. The molecule has 7 nitrogen and oxygen atoms in total. The number of ether oxygens (including phenoxy) is 1. The van der Waals surface area contributed by atoms with Gasteiger partial charge in [0.05, 0.1) is 13.2 Å². The largest absolute Gasteiger partial charge is 0.376 e. The van der Waals surface area contributed by atoms with Gasteiger partial charge in [-0.05, 0) is 6.07 Å². The Kier molecular flexibility index (Phi) is 3.16. The van der Waals surface area contributed by atoms with Crippen molar-refractivity contribution in [1.82, 2.24) is 20.0 Å². The van der Waals surface area contributed by atoms with Gasteiger partial charge in [-0.25, -0.2) is 8.78 Å². The summed E-state index contributed by atoms with van der Waals surface area (Å²) in [6.45, 7) is 0.802. The number of carbonyl (C=O) groups is 2. The summed E-state index contributed by atoms with van der Waals surface area (Å²) in [4.78, 5) is 25.4. The van der Waals surface area contributed by atoms with Gasteiger partial charge < -0.3 is 15.0 Å². The van der Waals surface area contributed by atoms with E-state index in [2.05, 4.69) is 10.4 Å². The van der Waals surface area contributed by atoms with Gasteiger partial charge in [-0.3, -0.25) is 14.3 Å². The van der Waals surface area contributed by atoms with Crippen molar-refractivity contribution in [1.29, 1.82) is 0 Å². The van der Waals surface area contributed by atoms with Crippen LogP contribution in [0.3, 0.4) is 0 Å². The molecule has 0 radical (unpaired) electrons. The Labute approximate surface area is 118 Å². The number of amides is 2. The van der Waals surface area contributed by atoms with E-state index in [4.69, 9.17) is 4.74 Å². The summed E-state index contributed by atoms with van der Waals surface area (Å²) in [6, 6.07) is 1.06. The Balaban J connectivity index is 1.89. The summed E-state index contributed by atoms with van der Waals surface area (Å²) < 4.78 is 31.7. The molecule has 21 heavy (non-hydrogen) atoms. The van der Waals surface area contributed by atoms with Crippen LogP contribution in [0.25, 0.3) is 0 Å². The Bertz CT molecular complexity index is 597. The third-order valence-electron chi connectivity index (χ3n) is 3.83. The van der Waals surface area contributed by atoms with Crippen LogP contribution in [-0.2, 0) is 16.6 Å². The lowest BCUT2D eigenvalue weighted by Gasteiger charge is -2.51. The minimum absolute atomic E-state index is 0.0891. The van der Waals surface area contributed by atoms with Gasteiger partial charge in [0.25, 0.3) is 12.3 Å². The van der Waals surface area contributed by atoms with Crippen LogP contribution in [0.2, 0.25) is 0 Å². The summed E-state index contributed by atoms with van der Waals surface area (Å²) in [6.07, 6.45) is -2.71. The molecule has 0 unspecified atom stereocenters. The molecule has 2 aliphatic rings. The van der Waals surface area contributed by atoms with Crippen molar-refractivity contribution in [2.75, 3.05) is 26.3 Å². The van der Waals surface area contributed by atoms with Crippen LogP contribution in [0.1, 0.15) is 22.6 Å². The standard InChI is InChI=1S/C12H14F2N4O3/c1-17-8(10(13)14)2-7(16-17)11(20)18-3-9(19)15-4-12(18)5-21-6-12/h2,10H,3-6H2,1H3,(H,15,19).